The highest BCUT2D eigenvalue weighted by Crippen LogP contribution is 2.30. The van der Waals surface area contributed by atoms with Crippen molar-refractivity contribution in [2.45, 2.75) is 30.7 Å². The highest BCUT2D eigenvalue weighted by atomic mass is 32.2. The van der Waals surface area contributed by atoms with E-state index in [2.05, 4.69) is 15.4 Å². The van der Waals surface area contributed by atoms with Crippen molar-refractivity contribution in [3.63, 3.8) is 0 Å². The monoisotopic (exact) mass is 369 g/mol. The predicted octanol–water partition coefficient (Wildman–Crippen LogP) is 0.788. The molecule has 1 aromatic carbocycles. The molecular formula is C17H27N3O4S. The zero-order chi connectivity index (χ0) is 18.5. The molecule has 0 bridgehead atoms. The lowest BCUT2D eigenvalue weighted by atomic mass is 9.78. The Labute approximate surface area is 149 Å². The number of hydrogen-bond donors (Lipinski definition) is 3. The summed E-state index contributed by atoms with van der Waals surface area (Å²) in [6.45, 7) is 3.79. The maximum atomic E-state index is 12.9. The van der Waals surface area contributed by atoms with Gasteiger partial charge in [-0.3, -0.25) is 4.79 Å². The second-order valence-electron chi connectivity index (χ2n) is 6.44. The van der Waals surface area contributed by atoms with Crippen LogP contribution in [0.2, 0.25) is 0 Å². The molecule has 8 heteroatoms. The summed E-state index contributed by atoms with van der Waals surface area (Å²) in [4.78, 5) is 13.1. The Bertz CT molecular complexity index is 694. The van der Waals surface area contributed by atoms with Gasteiger partial charge in [0.15, 0.2) is 0 Å². The second-order valence-corrected chi connectivity index (χ2v) is 8.33. The van der Waals surface area contributed by atoms with Crippen molar-refractivity contribution >= 4 is 15.9 Å². The molecule has 140 valence electrons. The summed E-state index contributed by atoms with van der Waals surface area (Å²) in [5.41, 5.74) is 0.203. The SMILES string of the molecule is CNS(=O)(=O)c1cccc(C(C)NC(=O)C2(COC)CCNCC2)c1. The number of rotatable bonds is 7. The molecule has 1 aromatic rings. The Morgan fingerprint density at radius 1 is 1.36 bits per heavy atom. The van der Waals surface area contributed by atoms with E-state index in [9.17, 15) is 13.2 Å². The molecule has 1 heterocycles. The molecule has 1 amide bonds. The average Bonchev–Trinajstić information content (AvgIpc) is 2.62. The summed E-state index contributed by atoms with van der Waals surface area (Å²) in [5.74, 6) is -0.0507. The summed E-state index contributed by atoms with van der Waals surface area (Å²) in [6, 6.07) is 6.30. The molecule has 1 aliphatic rings. The van der Waals surface area contributed by atoms with Crippen molar-refractivity contribution in [1.82, 2.24) is 15.4 Å². The Morgan fingerprint density at radius 2 is 2.04 bits per heavy atom. The van der Waals surface area contributed by atoms with Gasteiger partial charge >= 0.3 is 0 Å². The Hall–Kier alpha value is -1.48. The molecule has 3 N–H and O–H groups in total. The lowest BCUT2D eigenvalue weighted by Crippen LogP contribution is -2.50. The lowest BCUT2D eigenvalue weighted by molar-refractivity contribution is -0.136. The van der Waals surface area contributed by atoms with Crippen LogP contribution >= 0.6 is 0 Å². The third-order valence-corrected chi connectivity index (χ3v) is 6.16. The molecule has 1 fully saturated rings. The maximum Gasteiger partial charge on any atom is 0.240 e. The number of methoxy groups -OCH3 is 1. The molecule has 0 spiro atoms. The first-order valence-electron chi connectivity index (χ1n) is 8.39. The quantitative estimate of drug-likeness (QED) is 0.660. The Morgan fingerprint density at radius 3 is 2.64 bits per heavy atom. The molecule has 1 aliphatic heterocycles. The van der Waals surface area contributed by atoms with Gasteiger partial charge in [0, 0.05) is 7.11 Å². The molecule has 1 saturated heterocycles. The minimum atomic E-state index is -3.51. The van der Waals surface area contributed by atoms with Gasteiger partial charge in [-0.1, -0.05) is 12.1 Å². The van der Waals surface area contributed by atoms with E-state index in [1.165, 1.54) is 13.1 Å². The minimum absolute atomic E-state index is 0.0507. The lowest BCUT2D eigenvalue weighted by Gasteiger charge is -2.36. The number of sulfonamides is 1. The highest BCUT2D eigenvalue weighted by Gasteiger charge is 2.40. The van der Waals surface area contributed by atoms with Gasteiger partial charge in [-0.15, -0.1) is 0 Å². The summed E-state index contributed by atoms with van der Waals surface area (Å²) in [5, 5.41) is 6.29. The zero-order valence-corrected chi connectivity index (χ0v) is 15.8. The third-order valence-electron chi connectivity index (χ3n) is 4.75. The molecule has 0 aromatic heterocycles. The van der Waals surface area contributed by atoms with Crippen molar-refractivity contribution in [3.05, 3.63) is 29.8 Å². The van der Waals surface area contributed by atoms with E-state index in [1.807, 2.05) is 13.0 Å². The van der Waals surface area contributed by atoms with E-state index < -0.39 is 15.4 Å². The number of carbonyl (C=O) groups is 1. The molecule has 2 rings (SSSR count). The largest absolute Gasteiger partial charge is 0.384 e. The molecule has 0 saturated carbocycles. The number of piperidine rings is 1. The number of amides is 1. The van der Waals surface area contributed by atoms with Crippen LogP contribution < -0.4 is 15.4 Å². The Kier molecular flexibility index (Phi) is 6.56. The fourth-order valence-electron chi connectivity index (χ4n) is 3.12. The molecule has 0 aliphatic carbocycles. The van der Waals surface area contributed by atoms with Gasteiger partial charge in [0.25, 0.3) is 0 Å². The van der Waals surface area contributed by atoms with Crippen LogP contribution in [0.15, 0.2) is 29.2 Å². The van der Waals surface area contributed by atoms with Crippen LogP contribution in [0.1, 0.15) is 31.4 Å². The number of benzene rings is 1. The fourth-order valence-corrected chi connectivity index (χ4v) is 3.91. The molecule has 0 radical (unpaired) electrons. The van der Waals surface area contributed by atoms with Gasteiger partial charge in [0.1, 0.15) is 0 Å². The second kappa shape index (κ2) is 8.27. The molecule has 25 heavy (non-hydrogen) atoms. The fraction of sp³-hybridized carbons (Fsp3) is 0.588. The summed E-state index contributed by atoms with van der Waals surface area (Å²) in [6.07, 6.45) is 1.43. The van der Waals surface area contributed by atoms with E-state index in [1.54, 1.807) is 19.2 Å². The van der Waals surface area contributed by atoms with Crippen LogP contribution in [0, 0.1) is 5.41 Å². The highest BCUT2D eigenvalue weighted by molar-refractivity contribution is 7.89. The zero-order valence-electron chi connectivity index (χ0n) is 15.0. The number of hydrogen-bond acceptors (Lipinski definition) is 5. The van der Waals surface area contributed by atoms with E-state index in [0.717, 1.165) is 18.7 Å². The number of carbonyl (C=O) groups excluding carboxylic acids is 1. The van der Waals surface area contributed by atoms with E-state index in [-0.39, 0.29) is 16.8 Å². The van der Waals surface area contributed by atoms with Crippen molar-refractivity contribution in [2.24, 2.45) is 5.41 Å². The van der Waals surface area contributed by atoms with Crippen molar-refractivity contribution in [2.75, 3.05) is 33.9 Å². The first kappa shape index (κ1) is 19.8. The summed E-state index contributed by atoms with van der Waals surface area (Å²) < 4.78 is 31.5. The van der Waals surface area contributed by atoms with Crippen LogP contribution in [-0.2, 0) is 19.6 Å². The minimum Gasteiger partial charge on any atom is -0.384 e. The van der Waals surface area contributed by atoms with Crippen LogP contribution in [0.3, 0.4) is 0 Å². The van der Waals surface area contributed by atoms with Gasteiger partial charge in [-0.05, 0) is 57.6 Å². The van der Waals surface area contributed by atoms with Gasteiger partial charge in [-0.2, -0.15) is 0 Å². The normalized spacial score (nSPS) is 18.5. The van der Waals surface area contributed by atoms with Crippen molar-refractivity contribution in [3.8, 4) is 0 Å². The summed E-state index contributed by atoms with van der Waals surface area (Å²) >= 11 is 0. The van der Waals surface area contributed by atoms with Crippen LogP contribution in [0.25, 0.3) is 0 Å². The molecular weight excluding hydrogens is 342 g/mol. The first-order valence-corrected chi connectivity index (χ1v) is 9.87. The summed E-state index contributed by atoms with van der Waals surface area (Å²) in [7, 11) is -0.537. The van der Waals surface area contributed by atoms with Crippen LogP contribution in [0.5, 0.6) is 0 Å². The number of nitrogens with one attached hydrogen (secondary N) is 3. The van der Waals surface area contributed by atoms with Gasteiger partial charge in [0.05, 0.1) is 23.0 Å². The Balaban J connectivity index is 2.17. The van der Waals surface area contributed by atoms with Gasteiger partial charge < -0.3 is 15.4 Å². The van der Waals surface area contributed by atoms with E-state index in [4.69, 9.17) is 4.74 Å². The van der Waals surface area contributed by atoms with Crippen molar-refractivity contribution < 1.29 is 17.9 Å². The van der Waals surface area contributed by atoms with Gasteiger partial charge in [-0.25, -0.2) is 13.1 Å². The third kappa shape index (κ3) is 4.58. The van der Waals surface area contributed by atoms with Crippen molar-refractivity contribution in [1.29, 1.82) is 0 Å². The van der Waals surface area contributed by atoms with E-state index in [0.29, 0.717) is 19.4 Å². The molecule has 1 unspecified atom stereocenters. The smallest absolute Gasteiger partial charge is 0.240 e. The van der Waals surface area contributed by atoms with Gasteiger partial charge in [0.2, 0.25) is 15.9 Å². The molecule has 1 atom stereocenters. The topological polar surface area (TPSA) is 96.5 Å². The molecule has 7 nitrogen and oxygen atoms in total. The maximum absolute atomic E-state index is 12.9. The number of ether oxygens (including phenoxy) is 1. The average molecular weight is 369 g/mol. The standard InChI is InChI=1S/C17H27N3O4S/c1-13(14-5-4-6-15(11-14)25(22,23)18-2)20-16(21)17(12-24-3)7-9-19-10-8-17/h4-6,11,13,18-19H,7-10,12H2,1-3H3,(H,20,21). The van der Waals surface area contributed by atoms with Crippen LogP contribution in [0.4, 0.5) is 0 Å². The predicted molar refractivity (Wildman–Crippen MR) is 95.7 cm³/mol. The van der Waals surface area contributed by atoms with Crippen LogP contribution in [-0.4, -0.2) is 48.2 Å². The van der Waals surface area contributed by atoms with E-state index >= 15 is 0 Å². The first-order chi connectivity index (χ1) is 11.8.